The van der Waals surface area contributed by atoms with Crippen molar-refractivity contribution in [1.82, 2.24) is 15.1 Å². The second-order valence-electron chi connectivity index (χ2n) is 9.17. The molecule has 7 heteroatoms. The van der Waals surface area contributed by atoms with Crippen molar-refractivity contribution < 1.29 is 19.4 Å². The molecule has 0 unspecified atom stereocenters. The van der Waals surface area contributed by atoms with E-state index in [1.165, 1.54) is 19.8 Å². The molecule has 7 nitrogen and oxygen atoms in total. The summed E-state index contributed by atoms with van der Waals surface area (Å²) in [6.07, 6.45) is 2.83. The Balaban J connectivity index is 1.87. The first kappa shape index (κ1) is 22.0. The summed E-state index contributed by atoms with van der Waals surface area (Å²) in [5, 5.41) is 12.6. The number of nitrogens with zero attached hydrogens (tertiary/aromatic N) is 2. The molecular weight excluding hydrogens is 346 g/mol. The number of hydrogen-bond acceptors (Lipinski definition) is 5. The standard InChI is InChI=1S/C20H37N3O4/c1-14(24)17(21-19(26)27-20(2,3)4)18(25)23-12-8-16(9-13-23)15-6-10-22(5)11-7-15/h14-17,24H,6-13H2,1-5H3,(H,21,26)/t14-,17+/m0/s1. The average molecular weight is 384 g/mol. The Morgan fingerprint density at radius 2 is 1.52 bits per heavy atom. The number of ether oxygens (including phenoxy) is 1. The minimum atomic E-state index is -0.975. The molecule has 0 aromatic rings. The van der Waals surface area contributed by atoms with Crippen LogP contribution >= 0.6 is 0 Å². The zero-order valence-corrected chi connectivity index (χ0v) is 17.5. The van der Waals surface area contributed by atoms with Gasteiger partial charge in [0.05, 0.1) is 6.10 Å². The number of aliphatic hydroxyl groups excluding tert-OH is 1. The van der Waals surface area contributed by atoms with Crippen molar-refractivity contribution in [2.24, 2.45) is 11.8 Å². The highest BCUT2D eigenvalue weighted by molar-refractivity contribution is 5.86. The van der Waals surface area contributed by atoms with Crippen LogP contribution in [0.25, 0.3) is 0 Å². The van der Waals surface area contributed by atoms with Crippen LogP contribution in [0.2, 0.25) is 0 Å². The van der Waals surface area contributed by atoms with Crippen molar-refractivity contribution in [2.45, 2.75) is 71.1 Å². The van der Waals surface area contributed by atoms with Gasteiger partial charge in [-0.1, -0.05) is 0 Å². The van der Waals surface area contributed by atoms with E-state index in [2.05, 4.69) is 17.3 Å². The van der Waals surface area contributed by atoms with Crippen molar-refractivity contribution in [3.63, 3.8) is 0 Å². The number of aliphatic hydroxyl groups is 1. The highest BCUT2D eigenvalue weighted by Gasteiger charge is 2.35. The molecule has 0 spiro atoms. The van der Waals surface area contributed by atoms with Crippen LogP contribution in [0.3, 0.4) is 0 Å². The molecule has 2 aliphatic rings. The number of hydrogen-bond donors (Lipinski definition) is 2. The number of nitrogens with one attached hydrogen (secondary N) is 1. The number of alkyl carbamates (subject to hydrolysis) is 1. The molecule has 0 aliphatic carbocycles. The van der Waals surface area contributed by atoms with E-state index in [-0.39, 0.29) is 5.91 Å². The van der Waals surface area contributed by atoms with E-state index in [1.807, 2.05) is 0 Å². The maximum Gasteiger partial charge on any atom is 0.408 e. The molecule has 0 radical (unpaired) electrons. The molecule has 2 saturated heterocycles. The molecule has 156 valence electrons. The van der Waals surface area contributed by atoms with Gasteiger partial charge in [0, 0.05) is 13.1 Å². The van der Waals surface area contributed by atoms with Gasteiger partial charge in [-0.2, -0.15) is 0 Å². The maximum absolute atomic E-state index is 12.9. The SMILES string of the molecule is C[C@H](O)[C@@H](NC(=O)OC(C)(C)C)C(=O)N1CCC(C2CCN(C)CC2)CC1. The van der Waals surface area contributed by atoms with Crippen LogP contribution in [0.4, 0.5) is 4.79 Å². The van der Waals surface area contributed by atoms with Crippen LogP contribution in [0.1, 0.15) is 53.4 Å². The van der Waals surface area contributed by atoms with Gasteiger partial charge in [-0.15, -0.1) is 0 Å². The fraction of sp³-hybridized carbons (Fsp3) is 0.900. The van der Waals surface area contributed by atoms with Crippen molar-refractivity contribution >= 4 is 12.0 Å². The number of amides is 2. The summed E-state index contributed by atoms with van der Waals surface area (Å²) < 4.78 is 5.23. The first-order valence-electron chi connectivity index (χ1n) is 10.2. The fourth-order valence-electron chi connectivity index (χ4n) is 4.11. The van der Waals surface area contributed by atoms with Crippen LogP contribution in [0, 0.1) is 11.8 Å². The highest BCUT2D eigenvalue weighted by Crippen LogP contribution is 2.32. The molecule has 2 fully saturated rings. The summed E-state index contributed by atoms with van der Waals surface area (Å²) in [6, 6.07) is -0.972. The number of piperidine rings is 2. The number of rotatable bonds is 4. The average Bonchev–Trinajstić information content (AvgIpc) is 2.58. The number of likely N-dealkylation sites (tertiary alicyclic amines) is 2. The lowest BCUT2D eigenvalue weighted by Gasteiger charge is -2.40. The van der Waals surface area contributed by atoms with Gasteiger partial charge in [0.25, 0.3) is 0 Å². The van der Waals surface area contributed by atoms with Crippen LogP contribution < -0.4 is 5.32 Å². The Morgan fingerprint density at radius 1 is 1.04 bits per heavy atom. The summed E-state index contributed by atoms with van der Waals surface area (Å²) in [5.74, 6) is 1.20. The number of carbonyl (C=O) groups excluding carboxylic acids is 2. The third-order valence-corrected chi connectivity index (χ3v) is 5.70. The van der Waals surface area contributed by atoms with Crippen molar-refractivity contribution in [3.05, 3.63) is 0 Å². The van der Waals surface area contributed by atoms with Gasteiger partial charge < -0.3 is 25.0 Å². The minimum Gasteiger partial charge on any atom is -0.444 e. The van der Waals surface area contributed by atoms with E-state index < -0.39 is 23.8 Å². The smallest absolute Gasteiger partial charge is 0.408 e. The molecular formula is C20H37N3O4. The molecule has 2 rings (SSSR count). The third-order valence-electron chi connectivity index (χ3n) is 5.70. The predicted molar refractivity (Wildman–Crippen MR) is 104 cm³/mol. The van der Waals surface area contributed by atoms with Gasteiger partial charge in [-0.3, -0.25) is 4.79 Å². The summed E-state index contributed by atoms with van der Waals surface area (Å²) >= 11 is 0. The summed E-state index contributed by atoms with van der Waals surface area (Å²) in [4.78, 5) is 29.0. The van der Waals surface area contributed by atoms with Gasteiger partial charge in [0.1, 0.15) is 11.6 Å². The molecule has 2 aliphatic heterocycles. The topological polar surface area (TPSA) is 82.1 Å². The molecule has 2 heterocycles. The molecule has 2 amide bonds. The fourth-order valence-corrected chi connectivity index (χ4v) is 4.11. The van der Waals surface area contributed by atoms with E-state index in [4.69, 9.17) is 4.74 Å². The Bertz CT molecular complexity index is 502. The first-order chi connectivity index (χ1) is 12.6. The predicted octanol–water partition coefficient (Wildman–Crippen LogP) is 1.84. The number of carbonyl (C=O) groups is 2. The molecule has 0 bridgehead atoms. The van der Waals surface area contributed by atoms with Crippen molar-refractivity contribution in [3.8, 4) is 0 Å². The molecule has 2 N–H and O–H groups in total. The zero-order valence-electron chi connectivity index (χ0n) is 17.5. The van der Waals surface area contributed by atoms with Gasteiger partial charge >= 0.3 is 6.09 Å². The summed E-state index contributed by atoms with van der Waals surface area (Å²) in [5.41, 5.74) is -0.650. The molecule has 0 aromatic heterocycles. The van der Waals surface area contributed by atoms with E-state index in [0.717, 1.165) is 31.8 Å². The van der Waals surface area contributed by atoms with Crippen LogP contribution in [-0.4, -0.2) is 77.9 Å². The molecule has 2 atom stereocenters. The van der Waals surface area contributed by atoms with E-state index in [0.29, 0.717) is 19.0 Å². The first-order valence-corrected chi connectivity index (χ1v) is 10.2. The second-order valence-corrected chi connectivity index (χ2v) is 9.17. The summed E-state index contributed by atoms with van der Waals surface area (Å²) in [6.45, 7) is 10.5. The molecule has 0 aromatic carbocycles. The Labute approximate surface area is 163 Å². The third kappa shape index (κ3) is 6.64. The summed E-state index contributed by atoms with van der Waals surface area (Å²) in [7, 11) is 2.17. The van der Waals surface area contributed by atoms with Crippen LogP contribution in [-0.2, 0) is 9.53 Å². The van der Waals surface area contributed by atoms with E-state index in [1.54, 1.807) is 25.7 Å². The van der Waals surface area contributed by atoms with Crippen molar-refractivity contribution in [1.29, 1.82) is 0 Å². The lowest BCUT2D eigenvalue weighted by Crippen LogP contribution is -2.56. The minimum absolute atomic E-state index is 0.224. The van der Waals surface area contributed by atoms with Gasteiger partial charge in [0.15, 0.2) is 0 Å². The monoisotopic (exact) mass is 383 g/mol. The lowest BCUT2D eigenvalue weighted by molar-refractivity contribution is -0.137. The van der Waals surface area contributed by atoms with Crippen molar-refractivity contribution in [2.75, 3.05) is 33.2 Å². The van der Waals surface area contributed by atoms with Crippen LogP contribution in [0.15, 0.2) is 0 Å². The van der Waals surface area contributed by atoms with Gasteiger partial charge in [0.2, 0.25) is 5.91 Å². The molecule has 27 heavy (non-hydrogen) atoms. The van der Waals surface area contributed by atoms with E-state index in [9.17, 15) is 14.7 Å². The van der Waals surface area contributed by atoms with Crippen LogP contribution in [0.5, 0.6) is 0 Å². The Kier molecular flexibility index (Phi) is 7.51. The normalized spacial score (nSPS) is 23.0. The maximum atomic E-state index is 12.9. The Hall–Kier alpha value is -1.34. The molecule has 0 saturated carbocycles. The zero-order chi connectivity index (χ0) is 20.2. The largest absolute Gasteiger partial charge is 0.444 e. The highest BCUT2D eigenvalue weighted by atomic mass is 16.6. The second kappa shape index (κ2) is 9.24. The van der Waals surface area contributed by atoms with Gasteiger partial charge in [-0.25, -0.2) is 4.79 Å². The lowest BCUT2D eigenvalue weighted by atomic mass is 9.79. The quantitative estimate of drug-likeness (QED) is 0.774. The Morgan fingerprint density at radius 3 is 1.96 bits per heavy atom. The van der Waals surface area contributed by atoms with E-state index >= 15 is 0 Å². The van der Waals surface area contributed by atoms with Gasteiger partial charge in [-0.05, 0) is 85.4 Å².